The van der Waals surface area contributed by atoms with Crippen LogP contribution in [0.25, 0.3) is 0 Å². The van der Waals surface area contributed by atoms with E-state index in [1.54, 1.807) is 17.8 Å². The molecule has 0 aromatic heterocycles. The molecule has 0 unspecified atom stereocenters. The fourth-order valence-electron chi connectivity index (χ4n) is 1.39. The molecule has 1 rings (SSSR count). The number of methoxy groups -OCH3 is 1. The maximum atomic E-state index is 13.0. The van der Waals surface area contributed by atoms with Gasteiger partial charge in [0.05, 0.1) is 12.7 Å². The van der Waals surface area contributed by atoms with Crippen molar-refractivity contribution in [3.05, 3.63) is 29.6 Å². The lowest BCUT2D eigenvalue weighted by Gasteiger charge is -2.10. The molecule has 0 radical (unpaired) electrons. The van der Waals surface area contributed by atoms with Gasteiger partial charge in [0.2, 0.25) is 0 Å². The molecule has 0 amide bonds. The third-order valence-corrected chi connectivity index (χ3v) is 2.92. The van der Waals surface area contributed by atoms with Crippen LogP contribution in [0.3, 0.4) is 0 Å². The summed E-state index contributed by atoms with van der Waals surface area (Å²) in [7, 11) is 1.28. The Bertz CT molecular complexity index is 385. The van der Waals surface area contributed by atoms with Crippen LogP contribution in [0.1, 0.15) is 16.8 Å². The van der Waals surface area contributed by atoms with Gasteiger partial charge in [-0.1, -0.05) is 0 Å². The summed E-state index contributed by atoms with van der Waals surface area (Å²) in [6.45, 7) is 0.746. The van der Waals surface area contributed by atoms with Crippen molar-refractivity contribution in [2.45, 2.75) is 6.42 Å². The second-order valence-corrected chi connectivity index (χ2v) is 4.44. The summed E-state index contributed by atoms with van der Waals surface area (Å²) in [5.41, 5.74) is 0.844. The Morgan fingerprint density at radius 3 is 2.94 bits per heavy atom. The fourth-order valence-corrected chi connectivity index (χ4v) is 1.82. The van der Waals surface area contributed by atoms with Crippen LogP contribution >= 0.6 is 11.8 Å². The Morgan fingerprint density at radius 1 is 1.53 bits per heavy atom. The number of carbonyl (C=O) groups excluding carboxylic acids is 1. The van der Waals surface area contributed by atoms with Crippen molar-refractivity contribution in [1.29, 1.82) is 0 Å². The SMILES string of the molecule is COC(=O)c1cc(F)ccc1NCCCSC. The van der Waals surface area contributed by atoms with Gasteiger partial charge in [0, 0.05) is 12.2 Å². The Hall–Kier alpha value is -1.23. The summed E-state index contributed by atoms with van der Waals surface area (Å²) in [4.78, 5) is 11.4. The third kappa shape index (κ3) is 4.26. The first-order valence-corrected chi connectivity index (χ1v) is 6.69. The van der Waals surface area contributed by atoms with E-state index in [-0.39, 0.29) is 5.56 Å². The zero-order valence-electron chi connectivity index (χ0n) is 9.96. The molecule has 0 aliphatic carbocycles. The predicted octanol–water partition coefficient (Wildman–Crippen LogP) is 2.78. The van der Waals surface area contributed by atoms with Crippen molar-refractivity contribution < 1.29 is 13.9 Å². The molecular weight excluding hydrogens is 241 g/mol. The first-order chi connectivity index (χ1) is 8.19. The molecule has 3 nitrogen and oxygen atoms in total. The highest BCUT2D eigenvalue weighted by molar-refractivity contribution is 7.98. The third-order valence-electron chi connectivity index (χ3n) is 2.23. The van der Waals surface area contributed by atoms with Crippen LogP contribution < -0.4 is 5.32 Å². The van der Waals surface area contributed by atoms with Crippen LogP contribution in [0.15, 0.2) is 18.2 Å². The average molecular weight is 257 g/mol. The standard InChI is InChI=1S/C12H16FNO2S/c1-16-12(15)10-8-9(13)4-5-11(10)14-6-3-7-17-2/h4-5,8,14H,3,6-7H2,1-2H3. The van der Waals surface area contributed by atoms with Crippen molar-refractivity contribution in [3.63, 3.8) is 0 Å². The molecule has 17 heavy (non-hydrogen) atoms. The van der Waals surface area contributed by atoms with E-state index in [1.807, 2.05) is 6.26 Å². The number of nitrogens with one attached hydrogen (secondary N) is 1. The van der Waals surface area contributed by atoms with E-state index < -0.39 is 11.8 Å². The molecule has 5 heteroatoms. The zero-order chi connectivity index (χ0) is 12.7. The number of thioether (sulfide) groups is 1. The number of carbonyl (C=O) groups is 1. The number of hydrogen-bond donors (Lipinski definition) is 1. The van der Waals surface area contributed by atoms with Crippen molar-refractivity contribution in [3.8, 4) is 0 Å². The minimum absolute atomic E-state index is 0.233. The summed E-state index contributed by atoms with van der Waals surface area (Å²) < 4.78 is 17.7. The lowest BCUT2D eigenvalue weighted by atomic mass is 10.1. The summed E-state index contributed by atoms with van der Waals surface area (Å²) in [5.74, 6) is 0.0683. The largest absolute Gasteiger partial charge is 0.465 e. The van der Waals surface area contributed by atoms with E-state index in [0.717, 1.165) is 18.7 Å². The number of esters is 1. The molecule has 0 fully saturated rings. The molecule has 94 valence electrons. The van der Waals surface area contributed by atoms with Gasteiger partial charge in [-0.25, -0.2) is 9.18 Å². The number of hydrogen-bond acceptors (Lipinski definition) is 4. The zero-order valence-corrected chi connectivity index (χ0v) is 10.8. The highest BCUT2D eigenvalue weighted by Crippen LogP contribution is 2.18. The summed E-state index contributed by atoms with van der Waals surface area (Å²) in [5, 5.41) is 3.11. The molecule has 1 aromatic carbocycles. The van der Waals surface area contributed by atoms with E-state index in [1.165, 1.54) is 19.2 Å². The Morgan fingerprint density at radius 2 is 2.29 bits per heavy atom. The van der Waals surface area contributed by atoms with Crippen molar-refractivity contribution in [2.24, 2.45) is 0 Å². The second kappa shape index (κ2) is 7.17. The Balaban J connectivity index is 2.72. The molecular formula is C12H16FNO2S. The molecule has 0 saturated heterocycles. The van der Waals surface area contributed by atoms with Crippen LogP contribution in [0.2, 0.25) is 0 Å². The predicted molar refractivity (Wildman–Crippen MR) is 69.2 cm³/mol. The van der Waals surface area contributed by atoms with Gasteiger partial charge in [0.1, 0.15) is 5.82 Å². The first-order valence-electron chi connectivity index (χ1n) is 5.29. The van der Waals surface area contributed by atoms with Crippen LogP contribution in [-0.4, -0.2) is 31.6 Å². The normalized spacial score (nSPS) is 10.1. The molecule has 0 aliphatic rings. The number of anilines is 1. The summed E-state index contributed by atoms with van der Waals surface area (Å²) >= 11 is 1.76. The highest BCUT2D eigenvalue weighted by atomic mass is 32.2. The molecule has 1 aromatic rings. The first kappa shape index (κ1) is 13.8. The Kier molecular flexibility index (Phi) is 5.83. The quantitative estimate of drug-likeness (QED) is 0.628. The maximum absolute atomic E-state index is 13.0. The smallest absolute Gasteiger partial charge is 0.340 e. The lowest BCUT2D eigenvalue weighted by Crippen LogP contribution is -2.10. The summed E-state index contributed by atoms with van der Waals surface area (Å²) in [6, 6.07) is 4.06. The van der Waals surface area contributed by atoms with Gasteiger partial charge in [-0.15, -0.1) is 0 Å². The van der Waals surface area contributed by atoms with Crippen LogP contribution in [0.5, 0.6) is 0 Å². The van der Waals surface area contributed by atoms with Crippen LogP contribution in [0.4, 0.5) is 10.1 Å². The van der Waals surface area contributed by atoms with Crippen LogP contribution in [0, 0.1) is 5.82 Å². The monoisotopic (exact) mass is 257 g/mol. The van der Waals surface area contributed by atoms with Gasteiger partial charge in [0.15, 0.2) is 0 Å². The molecule has 0 spiro atoms. The van der Waals surface area contributed by atoms with E-state index >= 15 is 0 Å². The number of rotatable bonds is 6. The fraction of sp³-hybridized carbons (Fsp3) is 0.417. The molecule has 0 saturated carbocycles. The second-order valence-electron chi connectivity index (χ2n) is 3.45. The number of halogens is 1. The molecule has 0 bridgehead atoms. The van der Waals surface area contributed by atoms with Gasteiger partial charge < -0.3 is 10.1 Å². The number of benzene rings is 1. The van der Waals surface area contributed by atoms with Gasteiger partial charge in [-0.05, 0) is 36.6 Å². The van der Waals surface area contributed by atoms with E-state index in [9.17, 15) is 9.18 Å². The van der Waals surface area contributed by atoms with Gasteiger partial charge in [0.25, 0.3) is 0 Å². The number of ether oxygens (including phenoxy) is 1. The van der Waals surface area contributed by atoms with E-state index in [0.29, 0.717) is 5.69 Å². The molecule has 0 atom stereocenters. The van der Waals surface area contributed by atoms with Crippen molar-refractivity contribution >= 4 is 23.4 Å². The van der Waals surface area contributed by atoms with Crippen molar-refractivity contribution in [1.82, 2.24) is 0 Å². The summed E-state index contributed by atoms with van der Waals surface area (Å²) in [6.07, 6.45) is 3.02. The van der Waals surface area contributed by atoms with E-state index in [2.05, 4.69) is 10.1 Å². The minimum atomic E-state index is -0.531. The molecule has 0 aliphatic heterocycles. The maximum Gasteiger partial charge on any atom is 0.340 e. The molecule has 0 heterocycles. The van der Waals surface area contributed by atoms with E-state index in [4.69, 9.17) is 0 Å². The average Bonchev–Trinajstić information content (AvgIpc) is 2.35. The minimum Gasteiger partial charge on any atom is -0.465 e. The molecule has 1 N–H and O–H groups in total. The van der Waals surface area contributed by atoms with Gasteiger partial charge in [-0.3, -0.25) is 0 Å². The topological polar surface area (TPSA) is 38.3 Å². The van der Waals surface area contributed by atoms with Gasteiger partial charge >= 0.3 is 5.97 Å². The lowest BCUT2D eigenvalue weighted by molar-refractivity contribution is 0.0601. The highest BCUT2D eigenvalue weighted by Gasteiger charge is 2.12. The van der Waals surface area contributed by atoms with Crippen LogP contribution in [-0.2, 0) is 4.74 Å². The van der Waals surface area contributed by atoms with Gasteiger partial charge in [-0.2, -0.15) is 11.8 Å². The van der Waals surface area contributed by atoms with Crippen molar-refractivity contribution in [2.75, 3.05) is 31.0 Å². The Labute approximate surface area is 105 Å².